The number of hydrogen-bond acceptors (Lipinski definition) is 2. The zero-order valence-corrected chi connectivity index (χ0v) is 4.70. The maximum atomic E-state index is 5.24. The van der Waals surface area contributed by atoms with Gasteiger partial charge in [0.2, 0.25) is 0 Å². The second-order valence-corrected chi connectivity index (χ2v) is 1.87. The molecular formula is C3H6N3P. The van der Waals surface area contributed by atoms with Crippen LogP contribution in [0.25, 0.3) is 0 Å². The van der Waals surface area contributed by atoms with Crippen LogP contribution < -0.4 is 5.50 Å². The van der Waals surface area contributed by atoms with E-state index in [0.717, 1.165) is 0 Å². The van der Waals surface area contributed by atoms with Crippen LogP contribution >= 0.6 is 8.88 Å². The third-order valence-electron chi connectivity index (χ3n) is 0.653. The van der Waals surface area contributed by atoms with Gasteiger partial charge in [-0.3, -0.25) is 5.50 Å². The van der Waals surface area contributed by atoms with Crippen LogP contribution in [0.5, 0.6) is 0 Å². The highest BCUT2D eigenvalue weighted by atomic mass is 31.1. The summed E-state index contributed by atoms with van der Waals surface area (Å²) in [5, 5.41) is 0. The van der Waals surface area contributed by atoms with Gasteiger partial charge in [0.1, 0.15) is 0 Å². The molecule has 3 nitrogen and oxygen atoms in total. The zero-order chi connectivity index (χ0) is 5.11. The van der Waals surface area contributed by atoms with E-state index in [1.807, 2.05) is 10.5 Å². The van der Waals surface area contributed by atoms with Crippen LogP contribution in [-0.4, -0.2) is 9.32 Å². The lowest BCUT2D eigenvalue weighted by Crippen LogP contribution is -1.81. The molecule has 1 aromatic heterocycles. The quantitative estimate of drug-likeness (QED) is 0.531. The molecule has 0 fully saturated rings. The lowest BCUT2D eigenvalue weighted by Gasteiger charge is -1.87. The summed E-state index contributed by atoms with van der Waals surface area (Å²) in [4.78, 5) is 3.78. The molecule has 0 aromatic carbocycles. The smallest absolute Gasteiger partial charge is 0.0987 e. The summed E-state index contributed by atoms with van der Waals surface area (Å²) >= 11 is 0. The van der Waals surface area contributed by atoms with Crippen LogP contribution in [0.4, 0.5) is 0 Å². The number of nitrogens with two attached hydrogens (primary N) is 1. The third kappa shape index (κ3) is 0.981. The first-order chi connectivity index (χ1) is 3.43. The van der Waals surface area contributed by atoms with Gasteiger partial charge in [0.05, 0.1) is 15.2 Å². The Kier molecular flexibility index (Phi) is 1.39. The Balaban J connectivity index is 2.76. The Hall–Kier alpha value is -0.400. The zero-order valence-electron chi connectivity index (χ0n) is 3.70. The van der Waals surface area contributed by atoms with Crippen molar-refractivity contribution in [2.24, 2.45) is 5.50 Å². The van der Waals surface area contributed by atoms with E-state index < -0.39 is 0 Å². The van der Waals surface area contributed by atoms with Crippen molar-refractivity contribution in [3.05, 3.63) is 18.7 Å². The SMILES string of the molecule is NPn1ccnc1. The number of imidazole rings is 1. The van der Waals surface area contributed by atoms with E-state index in [1.54, 1.807) is 12.5 Å². The van der Waals surface area contributed by atoms with Gasteiger partial charge in [0.15, 0.2) is 0 Å². The molecule has 1 aromatic rings. The predicted molar refractivity (Wildman–Crippen MR) is 30.1 cm³/mol. The molecule has 1 atom stereocenters. The van der Waals surface area contributed by atoms with Crippen molar-refractivity contribution in [3.8, 4) is 0 Å². The molecule has 7 heavy (non-hydrogen) atoms. The summed E-state index contributed by atoms with van der Waals surface area (Å²) in [6.45, 7) is 0. The van der Waals surface area contributed by atoms with Gasteiger partial charge < -0.3 is 4.34 Å². The fourth-order valence-electron chi connectivity index (χ4n) is 0.335. The van der Waals surface area contributed by atoms with E-state index in [-0.39, 0.29) is 0 Å². The van der Waals surface area contributed by atoms with Crippen molar-refractivity contribution < 1.29 is 0 Å². The Morgan fingerprint density at radius 3 is 2.86 bits per heavy atom. The van der Waals surface area contributed by atoms with E-state index in [2.05, 4.69) is 4.98 Å². The molecule has 1 unspecified atom stereocenters. The van der Waals surface area contributed by atoms with Crippen LogP contribution in [0.2, 0.25) is 0 Å². The minimum atomic E-state index is 0.309. The second kappa shape index (κ2) is 2.05. The summed E-state index contributed by atoms with van der Waals surface area (Å²) in [6, 6.07) is 0. The fraction of sp³-hybridized carbons (Fsp3) is 0. The van der Waals surface area contributed by atoms with Gasteiger partial charge in [-0.15, -0.1) is 0 Å². The normalized spacial score (nSPS) is 11.0. The van der Waals surface area contributed by atoms with Gasteiger partial charge >= 0.3 is 0 Å². The molecule has 1 rings (SSSR count). The lowest BCUT2D eigenvalue weighted by atomic mass is 11.0. The number of rotatable bonds is 1. The standard InChI is InChI=1S/C3H6N3P/c4-7-6-2-1-5-3-6/h1-3,7H,4H2. The molecule has 0 saturated carbocycles. The molecule has 0 amide bonds. The van der Waals surface area contributed by atoms with Crippen molar-refractivity contribution in [2.45, 2.75) is 0 Å². The largest absolute Gasteiger partial charge is 0.305 e. The molecule has 0 spiro atoms. The van der Waals surface area contributed by atoms with Crippen molar-refractivity contribution in [1.82, 2.24) is 9.32 Å². The van der Waals surface area contributed by atoms with Gasteiger partial charge in [-0.2, -0.15) is 0 Å². The average Bonchev–Trinajstić information content (AvgIpc) is 2.14. The molecule has 0 aliphatic rings. The molecule has 0 bridgehead atoms. The summed E-state index contributed by atoms with van der Waals surface area (Å²) in [6.07, 6.45) is 5.23. The van der Waals surface area contributed by atoms with Crippen molar-refractivity contribution in [2.75, 3.05) is 0 Å². The van der Waals surface area contributed by atoms with Gasteiger partial charge in [0.25, 0.3) is 0 Å². The molecule has 0 aliphatic carbocycles. The molecule has 38 valence electrons. The summed E-state index contributed by atoms with van der Waals surface area (Å²) < 4.78 is 1.82. The van der Waals surface area contributed by atoms with Crippen molar-refractivity contribution in [3.63, 3.8) is 0 Å². The van der Waals surface area contributed by atoms with Crippen LogP contribution in [0.15, 0.2) is 18.7 Å². The predicted octanol–water partition coefficient (Wildman–Crippen LogP) is 0.198. The van der Waals surface area contributed by atoms with E-state index >= 15 is 0 Å². The Labute approximate surface area is 43.4 Å². The minimum absolute atomic E-state index is 0.309. The lowest BCUT2D eigenvalue weighted by molar-refractivity contribution is 1.22. The van der Waals surface area contributed by atoms with Crippen LogP contribution in [0, 0.1) is 0 Å². The molecular weight excluding hydrogens is 109 g/mol. The number of aromatic nitrogens is 2. The first-order valence-corrected chi connectivity index (χ1v) is 2.90. The first kappa shape index (κ1) is 4.75. The van der Waals surface area contributed by atoms with E-state index in [9.17, 15) is 0 Å². The highest BCUT2D eigenvalue weighted by Crippen LogP contribution is 1.99. The molecule has 0 aliphatic heterocycles. The fourth-order valence-corrected chi connectivity index (χ4v) is 0.622. The maximum absolute atomic E-state index is 5.24. The third-order valence-corrected chi connectivity index (χ3v) is 1.22. The summed E-state index contributed by atoms with van der Waals surface area (Å²) in [7, 11) is 0.309. The average molecular weight is 115 g/mol. The van der Waals surface area contributed by atoms with E-state index in [4.69, 9.17) is 5.50 Å². The Bertz CT molecular complexity index is 125. The Morgan fingerprint density at radius 2 is 2.57 bits per heavy atom. The number of nitrogens with zero attached hydrogens (tertiary/aromatic N) is 2. The molecule has 2 N–H and O–H groups in total. The minimum Gasteiger partial charge on any atom is -0.305 e. The molecule has 4 heteroatoms. The van der Waals surface area contributed by atoms with Crippen LogP contribution in [0.3, 0.4) is 0 Å². The molecule has 0 radical (unpaired) electrons. The summed E-state index contributed by atoms with van der Waals surface area (Å²) in [5.74, 6) is 0. The Morgan fingerprint density at radius 1 is 1.71 bits per heavy atom. The second-order valence-electron chi connectivity index (χ2n) is 1.10. The van der Waals surface area contributed by atoms with Crippen molar-refractivity contribution in [1.29, 1.82) is 0 Å². The van der Waals surface area contributed by atoms with Gasteiger partial charge in [-0.25, -0.2) is 4.98 Å². The monoisotopic (exact) mass is 115 g/mol. The molecule has 1 heterocycles. The van der Waals surface area contributed by atoms with Crippen molar-refractivity contribution >= 4 is 8.88 Å². The summed E-state index contributed by atoms with van der Waals surface area (Å²) in [5.41, 5.74) is 5.24. The molecule has 0 saturated heterocycles. The first-order valence-electron chi connectivity index (χ1n) is 1.88. The van der Waals surface area contributed by atoms with Gasteiger partial charge in [0, 0.05) is 12.4 Å². The van der Waals surface area contributed by atoms with Crippen LogP contribution in [-0.2, 0) is 0 Å². The van der Waals surface area contributed by atoms with Gasteiger partial charge in [-0.1, -0.05) is 0 Å². The van der Waals surface area contributed by atoms with Gasteiger partial charge in [-0.05, 0) is 0 Å². The highest BCUT2D eigenvalue weighted by Gasteiger charge is 1.77. The van der Waals surface area contributed by atoms with E-state index in [1.165, 1.54) is 0 Å². The topological polar surface area (TPSA) is 43.8 Å². The van der Waals surface area contributed by atoms with Crippen LogP contribution in [0.1, 0.15) is 0 Å². The number of hydrogen-bond donors (Lipinski definition) is 1. The highest BCUT2D eigenvalue weighted by molar-refractivity contribution is 7.33. The van der Waals surface area contributed by atoms with E-state index in [0.29, 0.717) is 8.88 Å². The maximum Gasteiger partial charge on any atom is 0.0987 e.